The van der Waals surface area contributed by atoms with Crippen LogP contribution in [0.5, 0.6) is 5.75 Å². The van der Waals surface area contributed by atoms with E-state index in [0.717, 1.165) is 20.3 Å². The van der Waals surface area contributed by atoms with E-state index in [9.17, 15) is 13.2 Å². The lowest BCUT2D eigenvalue weighted by Gasteiger charge is -2.24. The summed E-state index contributed by atoms with van der Waals surface area (Å²) in [6, 6.07) is 19.0. The second-order valence-corrected chi connectivity index (χ2v) is 10.8. The Balaban J connectivity index is 1.70. The summed E-state index contributed by atoms with van der Waals surface area (Å²) < 4.78 is 33.6. The molecular weight excluding hydrogens is 492 g/mol. The fourth-order valence-electron chi connectivity index (χ4n) is 3.11. The van der Waals surface area contributed by atoms with Gasteiger partial charge in [-0.25, -0.2) is 8.42 Å². The molecule has 34 heavy (non-hydrogen) atoms. The zero-order valence-corrected chi connectivity index (χ0v) is 21.6. The number of thioether (sulfide) groups is 1. The lowest BCUT2D eigenvalue weighted by atomic mass is 10.2. The van der Waals surface area contributed by atoms with Crippen LogP contribution in [0.15, 0.2) is 76.5 Å². The van der Waals surface area contributed by atoms with E-state index in [1.165, 1.54) is 11.8 Å². The molecule has 3 rings (SSSR count). The molecule has 0 heterocycles. The standard InChI is InChI=1S/C25H27ClN2O4S2/c1-18-4-7-20(8-5-18)28(34(30,31)23-12-10-22(33-3)11-13-23)17-25(29)27-14-15-32-21-9-6-19(2)24(26)16-21/h4-13,16H,14-15,17H2,1-3H3,(H,27,29). The van der Waals surface area contributed by atoms with E-state index in [-0.39, 0.29) is 24.6 Å². The molecule has 1 amide bonds. The van der Waals surface area contributed by atoms with E-state index in [4.69, 9.17) is 16.3 Å². The van der Waals surface area contributed by atoms with Crippen molar-refractivity contribution in [3.05, 3.63) is 82.9 Å². The molecule has 180 valence electrons. The highest BCUT2D eigenvalue weighted by Crippen LogP contribution is 2.26. The molecule has 0 spiro atoms. The van der Waals surface area contributed by atoms with Gasteiger partial charge in [-0.3, -0.25) is 9.10 Å². The van der Waals surface area contributed by atoms with Crippen LogP contribution >= 0.6 is 23.4 Å². The number of nitrogens with one attached hydrogen (secondary N) is 1. The molecule has 0 aliphatic heterocycles. The second-order valence-electron chi connectivity index (χ2n) is 7.63. The molecule has 0 saturated carbocycles. The maximum Gasteiger partial charge on any atom is 0.264 e. The first-order chi connectivity index (χ1) is 16.2. The predicted octanol–water partition coefficient (Wildman–Crippen LogP) is 5.07. The van der Waals surface area contributed by atoms with Crippen LogP contribution in [0, 0.1) is 13.8 Å². The van der Waals surface area contributed by atoms with Crippen LogP contribution in [0.1, 0.15) is 11.1 Å². The number of amides is 1. The number of carbonyl (C=O) groups excluding carboxylic acids is 1. The number of nitrogens with zero attached hydrogens (tertiary/aromatic N) is 1. The first-order valence-corrected chi connectivity index (χ1v) is 13.6. The minimum Gasteiger partial charge on any atom is -0.492 e. The number of halogens is 1. The second kappa shape index (κ2) is 11.6. The van der Waals surface area contributed by atoms with E-state index in [1.807, 2.05) is 38.3 Å². The minimum absolute atomic E-state index is 0.123. The van der Waals surface area contributed by atoms with Gasteiger partial charge in [-0.15, -0.1) is 11.8 Å². The summed E-state index contributed by atoms with van der Waals surface area (Å²) in [6.07, 6.45) is 1.92. The molecule has 3 aromatic carbocycles. The lowest BCUT2D eigenvalue weighted by Crippen LogP contribution is -2.41. The molecule has 0 atom stereocenters. The number of hydrogen-bond donors (Lipinski definition) is 1. The van der Waals surface area contributed by atoms with Crippen LogP contribution in [0.3, 0.4) is 0 Å². The Hall–Kier alpha value is -2.68. The van der Waals surface area contributed by atoms with Crippen molar-refractivity contribution in [2.45, 2.75) is 23.6 Å². The van der Waals surface area contributed by atoms with Gasteiger partial charge >= 0.3 is 0 Å². The quantitative estimate of drug-likeness (QED) is 0.299. The summed E-state index contributed by atoms with van der Waals surface area (Å²) in [5.74, 6) is 0.165. The highest BCUT2D eigenvalue weighted by Gasteiger charge is 2.27. The monoisotopic (exact) mass is 518 g/mol. The van der Waals surface area contributed by atoms with Gasteiger partial charge in [0.1, 0.15) is 18.9 Å². The molecule has 0 bridgehead atoms. The van der Waals surface area contributed by atoms with Crippen molar-refractivity contribution in [2.75, 3.05) is 30.3 Å². The van der Waals surface area contributed by atoms with Gasteiger partial charge in [0.2, 0.25) is 5.91 Å². The number of aryl methyl sites for hydroxylation is 2. The molecule has 0 unspecified atom stereocenters. The highest BCUT2D eigenvalue weighted by molar-refractivity contribution is 7.98. The van der Waals surface area contributed by atoms with Crippen molar-refractivity contribution >= 4 is 45.0 Å². The SMILES string of the molecule is CSc1ccc(S(=O)(=O)N(CC(=O)NCCOc2ccc(C)c(Cl)c2)c2ccc(C)cc2)cc1. The number of anilines is 1. The van der Waals surface area contributed by atoms with Crippen LogP contribution in [0.25, 0.3) is 0 Å². The topological polar surface area (TPSA) is 75.7 Å². The highest BCUT2D eigenvalue weighted by atomic mass is 35.5. The van der Waals surface area contributed by atoms with E-state index >= 15 is 0 Å². The Morgan fingerprint density at radius 3 is 2.32 bits per heavy atom. The average Bonchev–Trinajstić information content (AvgIpc) is 2.83. The Labute approximate surface area is 210 Å². The normalized spacial score (nSPS) is 11.2. The largest absolute Gasteiger partial charge is 0.492 e. The number of sulfonamides is 1. The molecule has 3 aromatic rings. The first kappa shape index (κ1) is 25.9. The molecule has 9 heteroatoms. The number of carbonyl (C=O) groups is 1. The average molecular weight is 519 g/mol. The molecule has 0 aromatic heterocycles. The molecule has 1 N–H and O–H groups in total. The minimum atomic E-state index is -3.95. The van der Waals surface area contributed by atoms with E-state index < -0.39 is 15.9 Å². The van der Waals surface area contributed by atoms with Crippen molar-refractivity contribution in [3.8, 4) is 5.75 Å². The maximum atomic E-state index is 13.4. The third-order valence-corrected chi connectivity index (χ3v) is 8.03. The van der Waals surface area contributed by atoms with E-state index in [0.29, 0.717) is 16.5 Å². The van der Waals surface area contributed by atoms with Gasteiger partial charge in [0.25, 0.3) is 10.0 Å². The van der Waals surface area contributed by atoms with Crippen molar-refractivity contribution in [1.82, 2.24) is 5.32 Å². The van der Waals surface area contributed by atoms with Crippen LogP contribution in [0.4, 0.5) is 5.69 Å². The number of ether oxygens (including phenoxy) is 1. The van der Waals surface area contributed by atoms with Gasteiger partial charge in [-0.2, -0.15) is 0 Å². The summed E-state index contributed by atoms with van der Waals surface area (Å²) in [5.41, 5.74) is 2.35. The van der Waals surface area contributed by atoms with E-state index in [1.54, 1.807) is 48.5 Å². The van der Waals surface area contributed by atoms with E-state index in [2.05, 4.69) is 5.32 Å². The summed E-state index contributed by atoms with van der Waals surface area (Å²) in [7, 11) is -3.95. The van der Waals surface area contributed by atoms with Crippen molar-refractivity contribution < 1.29 is 17.9 Å². The number of hydrogen-bond acceptors (Lipinski definition) is 5. The van der Waals surface area contributed by atoms with Gasteiger partial charge < -0.3 is 10.1 Å². The van der Waals surface area contributed by atoms with Gasteiger partial charge in [-0.05, 0) is 74.2 Å². The van der Waals surface area contributed by atoms with Gasteiger partial charge in [0.05, 0.1) is 17.1 Å². The summed E-state index contributed by atoms with van der Waals surface area (Å²) in [4.78, 5) is 13.8. The Morgan fingerprint density at radius 1 is 1.03 bits per heavy atom. The Kier molecular flexibility index (Phi) is 8.88. The molecule has 0 radical (unpaired) electrons. The van der Waals surface area contributed by atoms with Crippen LogP contribution in [0.2, 0.25) is 5.02 Å². The Bertz CT molecular complexity index is 1230. The zero-order valence-electron chi connectivity index (χ0n) is 19.2. The number of rotatable bonds is 10. The van der Waals surface area contributed by atoms with Gasteiger partial charge in [0.15, 0.2) is 0 Å². The van der Waals surface area contributed by atoms with Gasteiger partial charge in [0, 0.05) is 9.92 Å². The van der Waals surface area contributed by atoms with Crippen molar-refractivity contribution in [2.24, 2.45) is 0 Å². The lowest BCUT2D eigenvalue weighted by molar-refractivity contribution is -0.119. The molecular formula is C25H27ClN2O4S2. The molecule has 0 aliphatic rings. The van der Waals surface area contributed by atoms with Crippen LogP contribution in [-0.2, 0) is 14.8 Å². The maximum absolute atomic E-state index is 13.4. The van der Waals surface area contributed by atoms with Gasteiger partial charge in [-0.1, -0.05) is 35.4 Å². The third kappa shape index (κ3) is 6.68. The van der Waals surface area contributed by atoms with Crippen molar-refractivity contribution in [3.63, 3.8) is 0 Å². The third-order valence-electron chi connectivity index (χ3n) is 5.09. The fourth-order valence-corrected chi connectivity index (χ4v) is 5.11. The molecule has 0 saturated heterocycles. The summed E-state index contributed by atoms with van der Waals surface area (Å²) in [5, 5.41) is 3.33. The number of benzene rings is 3. The van der Waals surface area contributed by atoms with Crippen LogP contribution in [-0.4, -0.2) is 40.3 Å². The molecule has 0 fully saturated rings. The predicted molar refractivity (Wildman–Crippen MR) is 139 cm³/mol. The summed E-state index contributed by atoms with van der Waals surface area (Å²) in [6.45, 7) is 3.90. The molecule has 6 nitrogen and oxygen atoms in total. The van der Waals surface area contributed by atoms with Crippen molar-refractivity contribution in [1.29, 1.82) is 0 Å². The first-order valence-electron chi connectivity index (χ1n) is 10.6. The Morgan fingerprint density at radius 2 is 1.71 bits per heavy atom. The zero-order chi connectivity index (χ0) is 24.7. The molecule has 0 aliphatic carbocycles. The van der Waals surface area contributed by atoms with Crippen LogP contribution < -0.4 is 14.4 Å². The summed E-state index contributed by atoms with van der Waals surface area (Å²) >= 11 is 7.62. The fraction of sp³-hybridized carbons (Fsp3) is 0.240. The smallest absolute Gasteiger partial charge is 0.264 e.